The minimum atomic E-state index is -0.693. The Morgan fingerprint density at radius 2 is 2.00 bits per heavy atom. The van der Waals surface area contributed by atoms with E-state index in [-0.39, 0.29) is 6.42 Å². The molecule has 1 aromatic carbocycles. The number of fused-ring (bicyclic) bond motifs is 1. The second-order valence-corrected chi connectivity index (χ2v) is 9.70. The van der Waals surface area contributed by atoms with Crippen LogP contribution in [0.3, 0.4) is 0 Å². The van der Waals surface area contributed by atoms with Crippen molar-refractivity contribution >= 4 is 12.0 Å². The van der Waals surface area contributed by atoms with Gasteiger partial charge in [-0.25, -0.2) is 4.98 Å². The molecule has 2 aromatic heterocycles. The number of carboxylic acids is 1. The number of pyridine rings is 1. The van der Waals surface area contributed by atoms with Gasteiger partial charge in [0.1, 0.15) is 11.6 Å². The van der Waals surface area contributed by atoms with Crippen LogP contribution in [0.2, 0.25) is 0 Å². The number of nitrogens with zero attached hydrogens (tertiary/aromatic N) is 3. The maximum absolute atomic E-state index is 11.0. The first kappa shape index (κ1) is 24.5. The average Bonchev–Trinajstić information content (AvgIpc) is 3.20. The SMILES string of the molecule is CCOc1cc(-c2ccc(C3CCC(CC(=O)O)CC3)cc2)ncc1-c1nc2c([nH]1)CC=CC(C#N)=C2. The van der Waals surface area contributed by atoms with Gasteiger partial charge in [-0.15, -0.1) is 0 Å². The summed E-state index contributed by atoms with van der Waals surface area (Å²) in [5, 5.41) is 18.3. The molecule has 2 heterocycles. The highest BCUT2D eigenvalue weighted by Crippen LogP contribution is 2.38. The van der Waals surface area contributed by atoms with Crippen molar-refractivity contribution in [3.63, 3.8) is 0 Å². The third kappa shape index (κ3) is 5.49. The lowest BCUT2D eigenvalue weighted by Crippen LogP contribution is -2.16. The van der Waals surface area contributed by atoms with Gasteiger partial charge in [0, 0.05) is 36.4 Å². The number of nitriles is 1. The van der Waals surface area contributed by atoms with Crippen molar-refractivity contribution in [2.45, 2.75) is 51.4 Å². The van der Waals surface area contributed by atoms with Gasteiger partial charge >= 0.3 is 5.97 Å². The molecule has 0 spiro atoms. The van der Waals surface area contributed by atoms with E-state index in [9.17, 15) is 10.1 Å². The van der Waals surface area contributed by atoms with E-state index in [1.807, 2.05) is 25.1 Å². The summed E-state index contributed by atoms with van der Waals surface area (Å²) in [5.41, 5.74) is 6.21. The molecule has 2 aliphatic carbocycles. The second kappa shape index (κ2) is 10.8. The number of ether oxygens (including phenoxy) is 1. The minimum absolute atomic E-state index is 0.283. The topological polar surface area (TPSA) is 112 Å². The number of nitrogens with one attached hydrogen (secondary N) is 1. The zero-order valence-electron chi connectivity index (χ0n) is 20.9. The van der Waals surface area contributed by atoms with Crippen molar-refractivity contribution in [1.82, 2.24) is 15.0 Å². The number of allylic oxidation sites excluding steroid dienone is 3. The minimum Gasteiger partial charge on any atom is -0.493 e. The molecule has 7 nitrogen and oxygen atoms in total. The van der Waals surface area contributed by atoms with Crippen LogP contribution in [0.15, 0.2) is 54.3 Å². The van der Waals surface area contributed by atoms with Gasteiger partial charge in [-0.3, -0.25) is 9.78 Å². The summed E-state index contributed by atoms with van der Waals surface area (Å²) in [7, 11) is 0. The van der Waals surface area contributed by atoms with E-state index in [0.717, 1.165) is 53.9 Å². The Balaban J connectivity index is 1.36. The van der Waals surface area contributed by atoms with Gasteiger partial charge in [-0.05, 0) is 62.2 Å². The standard InChI is InChI=1S/C30H30N4O3/c1-2-37-28-16-26(23-12-10-22(11-13-23)21-8-6-19(7-9-21)15-29(35)36)32-18-24(28)30-33-25-5-3-4-20(17-31)14-27(25)34-30/h3-4,10-14,16,18-19,21H,2,5-9,15H2,1H3,(H,33,34)(H,35,36). The summed E-state index contributed by atoms with van der Waals surface area (Å²) in [6.07, 6.45) is 12.3. The average molecular weight is 495 g/mol. The fourth-order valence-corrected chi connectivity index (χ4v) is 5.31. The number of carbonyl (C=O) groups is 1. The number of aliphatic carboxylic acids is 1. The highest BCUT2D eigenvalue weighted by Gasteiger charge is 2.24. The number of H-pyrrole nitrogens is 1. The number of carboxylic acid groups (broad SMARTS) is 1. The summed E-state index contributed by atoms with van der Waals surface area (Å²) < 4.78 is 5.99. The fourth-order valence-electron chi connectivity index (χ4n) is 5.31. The first-order valence-corrected chi connectivity index (χ1v) is 12.9. The summed E-state index contributed by atoms with van der Waals surface area (Å²) in [6.45, 7) is 2.47. The maximum Gasteiger partial charge on any atom is 0.303 e. The number of aromatic amines is 1. The first-order valence-electron chi connectivity index (χ1n) is 12.9. The predicted molar refractivity (Wildman–Crippen MR) is 142 cm³/mol. The van der Waals surface area contributed by atoms with E-state index in [1.165, 1.54) is 5.56 Å². The quantitative estimate of drug-likeness (QED) is 0.398. The van der Waals surface area contributed by atoms with Crippen LogP contribution in [-0.4, -0.2) is 32.6 Å². The Hall–Kier alpha value is -4.18. The molecule has 7 heteroatoms. The number of hydrogen-bond donors (Lipinski definition) is 2. The van der Waals surface area contributed by atoms with Crippen molar-refractivity contribution in [2.75, 3.05) is 6.61 Å². The van der Waals surface area contributed by atoms with Crippen molar-refractivity contribution in [3.8, 4) is 34.5 Å². The molecule has 0 aliphatic heterocycles. The second-order valence-electron chi connectivity index (χ2n) is 9.70. The zero-order valence-corrected chi connectivity index (χ0v) is 20.9. The number of hydrogen-bond acceptors (Lipinski definition) is 5. The van der Waals surface area contributed by atoms with Crippen LogP contribution in [0.25, 0.3) is 28.7 Å². The molecule has 3 aromatic rings. The summed E-state index contributed by atoms with van der Waals surface area (Å²) in [6, 6.07) is 12.7. The number of aromatic nitrogens is 3. The predicted octanol–water partition coefficient (Wildman–Crippen LogP) is 6.31. The van der Waals surface area contributed by atoms with Crippen LogP contribution in [0, 0.1) is 17.2 Å². The molecule has 37 heavy (non-hydrogen) atoms. The third-order valence-electron chi connectivity index (χ3n) is 7.26. The van der Waals surface area contributed by atoms with E-state index in [0.29, 0.717) is 42.0 Å². The van der Waals surface area contributed by atoms with Crippen molar-refractivity contribution in [1.29, 1.82) is 5.26 Å². The van der Waals surface area contributed by atoms with Crippen LogP contribution in [0.5, 0.6) is 5.75 Å². The van der Waals surface area contributed by atoms with Crippen LogP contribution >= 0.6 is 0 Å². The molecule has 1 saturated carbocycles. The van der Waals surface area contributed by atoms with Crippen molar-refractivity contribution in [2.24, 2.45) is 5.92 Å². The van der Waals surface area contributed by atoms with E-state index >= 15 is 0 Å². The van der Waals surface area contributed by atoms with Crippen LogP contribution < -0.4 is 4.74 Å². The first-order chi connectivity index (χ1) is 18.0. The van der Waals surface area contributed by atoms with Gasteiger partial charge in [0.25, 0.3) is 0 Å². The Bertz CT molecular complexity index is 1390. The van der Waals surface area contributed by atoms with E-state index in [2.05, 4.69) is 35.3 Å². The highest BCUT2D eigenvalue weighted by atomic mass is 16.5. The molecule has 188 valence electrons. The summed E-state index contributed by atoms with van der Waals surface area (Å²) in [4.78, 5) is 23.8. The molecule has 0 bridgehead atoms. The Kier molecular flexibility index (Phi) is 7.18. The molecule has 0 unspecified atom stereocenters. The van der Waals surface area contributed by atoms with Gasteiger partial charge in [0.2, 0.25) is 0 Å². The monoisotopic (exact) mass is 494 g/mol. The number of benzene rings is 1. The van der Waals surface area contributed by atoms with Gasteiger partial charge in [0.15, 0.2) is 0 Å². The number of imidazole rings is 1. The van der Waals surface area contributed by atoms with Crippen LogP contribution in [-0.2, 0) is 11.2 Å². The lowest BCUT2D eigenvalue weighted by Gasteiger charge is -2.28. The molecule has 0 radical (unpaired) electrons. The summed E-state index contributed by atoms with van der Waals surface area (Å²) >= 11 is 0. The largest absolute Gasteiger partial charge is 0.493 e. The van der Waals surface area contributed by atoms with Crippen molar-refractivity contribution < 1.29 is 14.6 Å². The van der Waals surface area contributed by atoms with Crippen molar-refractivity contribution in [3.05, 3.63) is 71.2 Å². The Morgan fingerprint density at radius 3 is 2.70 bits per heavy atom. The molecule has 1 fully saturated rings. The fraction of sp³-hybridized carbons (Fsp3) is 0.333. The molecule has 5 rings (SSSR count). The van der Waals surface area contributed by atoms with Gasteiger partial charge in [0.05, 0.1) is 35.2 Å². The molecular formula is C30H30N4O3. The van der Waals surface area contributed by atoms with Crippen LogP contribution in [0.4, 0.5) is 0 Å². The van der Waals surface area contributed by atoms with Gasteiger partial charge in [-0.1, -0.05) is 30.3 Å². The summed E-state index contributed by atoms with van der Waals surface area (Å²) in [5.74, 6) is 1.47. The lowest BCUT2D eigenvalue weighted by atomic mass is 9.77. The zero-order chi connectivity index (χ0) is 25.8. The Labute approximate surface area is 216 Å². The molecule has 0 saturated heterocycles. The molecule has 2 N–H and O–H groups in total. The maximum atomic E-state index is 11.0. The van der Waals surface area contributed by atoms with Gasteiger partial charge < -0.3 is 14.8 Å². The highest BCUT2D eigenvalue weighted by molar-refractivity contribution is 5.72. The molecule has 0 amide bonds. The smallest absolute Gasteiger partial charge is 0.303 e. The lowest BCUT2D eigenvalue weighted by molar-refractivity contribution is -0.138. The Morgan fingerprint density at radius 1 is 1.22 bits per heavy atom. The molecule has 2 aliphatic rings. The van der Waals surface area contributed by atoms with E-state index in [4.69, 9.17) is 19.8 Å². The van der Waals surface area contributed by atoms with Crippen LogP contribution in [0.1, 0.15) is 61.9 Å². The van der Waals surface area contributed by atoms with E-state index < -0.39 is 5.97 Å². The van der Waals surface area contributed by atoms with Gasteiger partial charge in [-0.2, -0.15) is 5.26 Å². The third-order valence-corrected chi connectivity index (χ3v) is 7.26. The molecular weight excluding hydrogens is 464 g/mol. The molecule has 0 atom stereocenters. The normalized spacial score (nSPS) is 18.9. The number of rotatable bonds is 7. The van der Waals surface area contributed by atoms with E-state index in [1.54, 1.807) is 12.3 Å².